The van der Waals surface area contributed by atoms with E-state index in [0.717, 1.165) is 19.1 Å². The van der Waals surface area contributed by atoms with Gasteiger partial charge in [0, 0.05) is 17.3 Å². The lowest BCUT2D eigenvalue weighted by Crippen LogP contribution is -2.14. The molecule has 3 rings (SSSR count). The van der Waals surface area contributed by atoms with Crippen molar-refractivity contribution in [1.29, 1.82) is 0 Å². The van der Waals surface area contributed by atoms with E-state index >= 15 is 0 Å². The Morgan fingerprint density at radius 1 is 1.00 bits per heavy atom. The van der Waals surface area contributed by atoms with Crippen molar-refractivity contribution in [3.05, 3.63) is 70.4 Å². The minimum absolute atomic E-state index is 0.429. The van der Waals surface area contributed by atoms with Crippen LogP contribution in [0.25, 0.3) is 11.3 Å². The monoisotopic (exact) mass is 417 g/mol. The zero-order chi connectivity index (χ0) is 21.5. The van der Waals surface area contributed by atoms with E-state index < -0.39 is 69.1 Å². The first-order valence-electron chi connectivity index (χ1n) is 7.87. The number of hydrogen-bond donors (Lipinski definition) is 2. The van der Waals surface area contributed by atoms with Crippen molar-refractivity contribution in [2.24, 2.45) is 0 Å². The molecule has 0 bridgehead atoms. The van der Waals surface area contributed by atoms with Gasteiger partial charge in [0.05, 0.1) is 11.1 Å². The molecule has 2 aromatic carbocycles. The number of carbonyl (C=O) groups excluding carboxylic acids is 1. The standard InChI is InChI=1S/C18H10F7N3O/c1-7-15(27-28-16(7)18(23,24)25)14-12(21)5-9(6-13(14)22)26-17(29)10-3-2-8(19)4-11(10)20/h2-6H,1H3,(H,26,29)(H,27,28). The molecule has 0 spiro atoms. The Bertz CT molecular complexity index is 1080. The van der Waals surface area contributed by atoms with Gasteiger partial charge < -0.3 is 5.32 Å². The highest BCUT2D eigenvalue weighted by Crippen LogP contribution is 2.36. The molecule has 2 N–H and O–H groups in total. The number of halogens is 7. The van der Waals surface area contributed by atoms with Crippen LogP contribution in [-0.2, 0) is 6.18 Å². The molecular formula is C18H10F7N3O. The molecule has 11 heteroatoms. The summed E-state index contributed by atoms with van der Waals surface area (Å²) in [5.41, 5.74) is -4.19. The van der Waals surface area contributed by atoms with E-state index in [1.165, 1.54) is 0 Å². The lowest BCUT2D eigenvalue weighted by Gasteiger charge is -2.10. The molecule has 0 aliphatic heterocycles. The van der Waals surface area contributed by atoms with Crippen molar-refractivity contribution in [1.82, 2.24) is 10.2 Å². The minimum Gasteiger partial charge on any atom is -0.322 e. The van der Waals surface area contributed by atoms with E-state index in [0.29, 0.717) is 18.2 Å². The van der Waals surface area contributed by atoms with Gasteiger partial charge in [0.1, 0.15) is 34.7 Å². The summed E-state index contributed by atoms with van der Waals surface area (Å²) >= 11 is 0. The Hall–Kier alpha value is -3.37. The van der Waals surface area contributed by atoms with Crippen LogP contribution in [0.3, 0.4) is 0 Å². The summed E-state index contributed by atoms with van der Waals surface area (Å²) in [5, 5.41) is 7.06. The third-order valence-electron chi connectivity index (χ3n) is 4.01. The number of rotatable bonds is 3. The summed E-state index contributed by atoms with van der Waals surface area (Å²) in [7, 11) is 0. The second-order valence-electron chi connectivity index (χ2n) is 5.96. The summed E-state index contributed by atoms with van der Waals surface area (Å²) in [6, 6.07) is 3.39. The SMILES string of the molecule is Cc1c(-c2c(F)cc(NC(=O)c3ccc(F)cc3F)cc2F)n[nH]c1C(F)(F)F. The first-order valence-corrected chi connectivity index (χ1v) is 7.87. The number of hydrogen-bond acceptors (Lipinski definition) is 2. The van der Waals surface area contributed by atoms with Crippen molar-refractivity contribution in [3.8, 4) is 11.3 Å². The maximum atomic E-state index is 14.4. The average Bonchev–Trinajstić information content (AvgIpc) is 2.95. The second-order valence-corrected chi connectivity index (χ2v) is 5.96. The molecule has 3 aromatic rings. The number of aromatic nitrogens is 2. The topological polar surface area (TPSA) is 57.8 Å². The van der Waals surface area contributed by atoms with Gasteiger partial charge in [-0.3, -0.25) is 9.89 Å². The van der Waals surface area contributed by atoms with Gasteiger partial charge in [-0.1, -0.05) is 0 Å². The fraction of sp³-hybridized carbons (Fsp3) is 0.111. The zero-order valence-corrected chi connectivity index (χ0v) is 14.4. The molecular weight excluding hydrogens is 407 g/mol. The lowest BCUT2D eigenvalue weighted by atomic mass is 10.0. The van der Waals surface area contributed by atoms with Crippen molar-refractivity contribution < 1.29 is 35.5 Å². The van der Waals surface area contributed by atoms with Gasteiger partial charge in [-0.05, 0) is 31.2 Å². The van der Waals surface area contributed by atoms with Crippen LogP contribution >= 0.6 is 0 Å². The molecule has 0 saturated carbocycles. The summed E-state index contributed by atoms with van der Waals surface area (Å²) in [5.74, 6) is -5.82. The molecule has 1 amide bonds. The Labute approximate surface area is 158 Å². The van der Waals surface area contributed by atoms with Crippen LogP contribution in [0, 0.1) is 30.2 Å². The van der Waals surface area contributed by atoms with Crippen LogP contribution in [-0.4, -0.2) is 16.1 Å². The molecule has 0 aliphatic carbocycles. The number of amides is 1. The molecule has 152 valence electrons. The van der Waals surface area contributed by atoms with E-state index in [2.05, 4.69) is 5.10 Å². The van der Waals surface area contributed by atoms with Crippen LogP contribution < -0.4 is 5.32 Å². The minimum atomic E-state index is -4.80. The summed E-state index contributed by atoms with van der Waals surface area (Å²) in [6.45, 7) is 0.994. The van der Waals surface area contributed by atoms with Gasteiger partial charge in [0.15, 0.2) is 0 Å². The third kappa shape index (κ3) is 3.93. The number of nitrogens with one attached hydrogen (secondary N) is 2. The van der Waals surface area contributed by atoms with Crippen molar-refractivity contribution in [2.45, 2.75) is 13.1 Å². The lowest BCUT2D eigenvalue weighted by molar-refractivity contribution is -0.141. The zero-order valence-electron chi connectivity index (χ0n) is 14.4. The normalized spacial score (nSPS) is 11.6. The maximum absolute atomic E-state index is 14.4. The van der Waals surface area contributed by atoms with Crippen LogP contribution in [0.15, 0.2) is 30.3 Å². The maximum Gasteiger partial charge on any atom is 0.433 e. The number of alkyl halides is 3. The van der Waals surface area contributed by atoms with Crippen molar-refractivity contribution in [3.63, 3.8) is 0 Å². The molecule has 1 aromatic heterocycles. The van der Waals surface area contributed by atoms with Gasteiger partial charge in [0.2, 0.25) is 0 Å². The summed E-state index contributed by atoms with van der Waals surface area (Å²) in [4.78, 5) is 12.0. The van der Waals surface area contributed by atoms with Crippen LogP contribution in [0.4, 0.5) is 36.4 Å². The van der Waals surface area contributed by atoms with Gasteiger partial charge in [-0.25, -0.2) is 17.6 Å². The number of aromatic amines is 1. The first kappa shape index (κ1) is 20.4. The van der Waals surface area contributed by atoms with Gasteiger partial charge in [0.25, 0.3) is 5.91 Å². The number of H-pyrrole nitrogens is 1. The Morgan fingerprint density at radius 2 is 1.62 bits per heavy atom. The highest BCUT2D eigenvalue weighted by Gasteiger charge is 2.36. The molecule has 0 unspecified atom stereocenters. The molecule has 0 aliphatic rings. The van der Waals surface area contributed by atoms with E-state index in [1.807, 2.05) is 5.32 Å². The third-order valence-corrected chi connectivity index (χ3v) is 4.01. The highest BCUT2D eigenvalue weighted by atomic mass is 19.4. The van der Waals surface area contributed by atoms with Crippen molar-refractivity contribution >= 4 is 11.6 Å². The second kappa shape index (κ2) is 7.22. The Balaban J connectivity index is 1.94. The predicted octanol–water partition coefficient (Wildman–Crippen LogP) is 5.21. The molecule has 0 fully saturated rings. The van der Waals surface area contributed by atoms with E-state index in [4.69, 9.17) is 0 Å². The first-order chi connectivity index (χ1) is 13.5. The summed E-state index contributed by atoms with van der Waals surface area (Å²) in [6.07, 6.45) is -4.80. The molecule has 0 atom stereocenters. The molecule has 4 nitrogen and oxygen atoms in total. The summed E-state index contributed by atoms with van der Waals surface area (Å²) < 4.78 is 93.9. The Morgan fingerprint density at radius 3 is 2.14 bits per heavy atom. The fourth-order valence-electron chi connectivity index (χ4n) is 2.66. The van der Waals surface area contributed by atoms with Crippen LogP contribution in [0.2, 0.25) is 0 Å². The van der Waals surface area contributed by atoms with E-state index in [9.17, 15) is 35.5 Å². The van der Waals surface area contributed by atoms with Gasteiger partial charge >= 0.3 is 6.18 Å². The molecule has 1 heterocycles. The predicted molar refractivity (Wildman–Crippen MR) is 88.0 cm³/mol. The smallest absolute Gasteiger partial charge is 0.322 e. The largest absolute Gasteiger partial charge is 0.433 e. The van der Waals surface area contributed by atoms with E-state index in [-0.39, 0.29) is 0 Å². The average molecular weight is 417 g/mol. The number of benzene rings is 2. The molecule has 0 saturated heterocycles. The Kier molecular flexibility index (Phi) is 5.07. The number of anilines is 1. The fourth-order valence-corrected chi connectivity index (χ4v) is 2.66. The van der Waals surface area contributed by atoms with Crippen LogP contribution in [0.5, 0.6) is 0 Å². The van der Waals surface area contributed by atoms with Gasteiger partial charge in [-0.15, -0.1) is 0 Å². The van der Waals surface area contributed by atoms with Gasteiger partial charge in [-0.2, -0.15) is 18.3 Å². The number of nitrogens with zero attached hydrogens (tertiary/aromatic N) is 1. The van der Waals surface area contributed by atoms with E-state index in [1.54, 1.807) is 5.10 Å². The van der Waals surface area contributed by atoms with Crippen LogP contribution in [0.1, 0.15) is 21.6 Å². The van der Waals surface area contributed by atoms with Crippen molar-refractivity contribution in [2.75, 3.05) is 5.32 Å². The number of carbonyl (C=O) groups is 1. The molecule has 0 radical (unpaired) electrons. The quantitative estimate of drug-likeness (QED) is 0.575. The molecule has 29 heavy (non-hydrogen) atoms. The highest BCUT2D eigenvalue weighted by molar-refractivity contribution is 6.04.